The van der Waals surface area contributed by atoms with Gasteiger partial charge in [-0.25, -0.2) is 4.98 Å². The van der Waals surface area contributed by atoms with Crippen LogP contribution in [0, 0.1) is 23.2 Å². The Hall–Kier alpha value is -0.500. The molecular weight excluding hydrogens is 258 g/mol. The summed E-state index contributed by atoms with van der Waals surface area (Å²) in [4.78, 5) is 4.35. The Labute approximate surface area is 119 Å². The fraction of sp³-hybridized carbons (Fsp3) is 0.812. The molecule has 1 heterocycles. The molecule has 5 rings (SSSR count). The van der Waals surface area contributed by atoms with Gasteiger partial charge in [-0.1, -0.05) is 0 Å². The second kappa shape index (κ2) is 4.51. The van der Waals surface area contributed by atoms with Crippen LogP contribution in [-0.4, -0.2) is 10.9 Å². The zero-order valence-electron chi connectivity index (χ0n) is 11.4. The highest BCUT2D eigenvalue weighted by Gasteiger charge is 2.51. The summed E-state index contributed by atoms with van der Waals surface area (Å²) in [6.07, 6.45) is 12.6. The minimum atomic E-state index is 0.548. The Morgan fingerprint density at radius 2 is 1.79 bits per heavy atom. The second-order valence-electron chi connectivity index (χ2n) is 7.25. The topological polar surface area (TPSA) is 26.0 Å². The van der Waals surface area contributed by atoms with E-state index in [1.54, 1.807) is 0 Å². The molecule has 104 valence electrons. The van der Waals surface area contributed by atoms with E-state index >= 15 is 0 Å². The number of hydrogen-bond acceptors (Lipinski definition) is 2. The van der Waals surface area contributed by atoms with Crippen LogP contribution >= 0.6 is 11.6 Å². The zero-order chi connectivity index (χ0) is 12.9. The summed E-state index contributed by atoms with van der Waals surface area (Å²) in [5, 5.41) is 0. The molecule has 0 aliphatic heterocycles. The Balaban J connectivity index is 1.52. The minimum absolute atomic E-state index is 0.548. The van der Waals surface area contributed by atoms with Gasteiger partial charge in [0.25, 0.3) is 0 Å². The molecule has 4 fully saturated rings. The molecule has 19 heavy (non-hydrogen) atoms. The molecule has 0 unspecified atom stereocenters. The van der Waals surface area contributed by atoms with Crippen molar-refractivity contribution in [2.24, 2.45) is 23.2 Å². The van der Waals surface area contributed by atoms with Crippen molar-refractivity contribution in [3.05, 3.63) is 17.8 Å². The van der Waals surface area contributed by atoms with Crippen molar-refractivity contribution >= 4 is 11.6 Å². The molecule has 0 atom stereocenters. The van der Waals surface area contributed by atoms with Gasteiger partial charge in [0.05, 0.1) is 6.20 Å². The molecule has 0 spiro atoms. The van der Waals surface area contributed by atoms with Crippen LogP contribution in [0.2, 0.25) is 0 Å². The SMILES string of the molecule is ClCCc1ncc(CC23CC4CC(CC(C4)C2)C3)o1. The summed E-state index contributed by atoms with van der Waals surface area (Å²) in [6, 6.07) is 0. The highest BCUT2D eigenvalue weighted by molar-refractivity contribution is 6.17. The van der Waals surface area contributed by atoms with Gasteiger partial charge in [-0.2, -0.15) is 0 Å². The summed E-state index contributed by atoms with van der Waals surface area (Å²) < 4.78 is 5.87. The van der Waals surface area contributed by atoms with Crippen molar-refractivity contribution in [1.82, 2.24) is 4.98 Å². The molecule has 4 aliphatic rings. The maximum Gasteiger partial charge on any atom is 0.195 e. The van der Waals surface area contributed by atoms with Gasteiger partial charge in [0.1, 0.15) is 5.76 Å². The molecule has 0 radical (unpaired) electrons. The summed E-state index contributed by atoms with van der Waals surface area (Å²) in [6.45, 7) is 0. The summed E-state index contributed by atoms with van der Waals surface area (Å²) >= 11 is 5.74. The van der Waals surface area contributed by atoms with Gasteiger partial charge in [0.15, 0.2) is 5.89 Å². The molecule has 2 nitrogen and oxygen atoms in total. The van der Waals surface area contributed by atoms with Crippen LogP contribution in [-0.2, 0) is 12.8 Å². The molecule has 0 N–H and O–H groups in total. The number of nitrogens with zero attached hydrogens (tertiary/aromatic N) is 1. The van der Waals surface area contributed by atoms with Crippen LogP contribution in [0.5, 0.6) is 0 Å². The fourth-order valence-corrected chi connectivity index (χ4v) is 5.66. The lowest BCUT2D eigenvalue weighted by molar-refractivity contribution is -0.0545. The van der Waals surface area contributed by atoms with Gasteiger partial charge < -0.3 is 4.42 Å². The van der Waals surface area contributed by atoms with Crippen LogP contribution in [0.15, 0.2) is 10.6 Å². The first kappa shape index (κ1) is 12.3. The molecule has 3 heteroatoms. The third-order valence-electron chi connectivity index (χ3n) is 5.62. The smallest absolute Gasteiger partial charge is 0.195 e. The van der Waals surface area contributed by atoms with E-state index in [0.717, 1.165) is 42.2 Å². The average molecular weight is 280 g/mol. The number of hydrogen-bond donors (Lipinski definition) is 0. The molecule has 0 amide bonds. The number of alkyl halides is 1. The second-order valence-corrected chi connectivity index (χ2v) is 7.63. The Morgan fingerprint density at radius 1 is 1.16 bits per heavy atom. The Kier molecular flexibility index (Phi) is 2.91. The number of halogens is 1. The van der Waals surface area contributed by atoms with E-state index in [4.69, 9.17) is 16.0 Å². The van der Waals surface area contributed by atoms with Crippen molar-refractivity contribution in [2.45, 2.75) is 51.4 Å². The highest BCUT2D eigenvalue weighted by atomic mass is 35.5. The average Bonchev–Trinajstić information content (AvgIpc) is 2.74. The lowest BCUT2D eigenvalue weighted by Gasteiger charge is -2.56. The van der Waals surface area contributed by atoms with E-state index in [2.05, 4.69) is 4.98 Å². The molecule has 0 aromatic carbocycles. The van der Waals surface area contributed by atoms with Crippen LogP contribution in [0.4, 0.5) is 0 Å². The van der Waals surface area contributed by atoms with Gasteiger partial charge in [-0.3, -0.25) is 0 Å². The van der Waals surface area contributed by atoms with Gasteiger partial charge >= 0.3 is 0 Å². The molecule has 1 aromatic rings. The number of oxazole rings is 1. The van der Waals surface area contributed by atoms with Crippen molar-refractivity contribution < 1.29 is 4.42 Å². The summed E-state index contributed by atoms with van der Waals surface area (Å²) in [7, 11) is 0. The monoisotopic (exact) mass is 279 g/mol. The van der Waals surface area contributed by atoms with Crippen LogP contribution in [0.25, 0.3) is 0 Å². The van der Waals surface area contributed by atoms with Crippen LogP contribution in [0.1, 0.15) is 50.2 Å². The van der Waals surface area contributed by atoms with Crippen LogP contribution in [0.3, 0.4) is 0 Å². The fourth-order valence-electron chi connectivity index (χ4n) is 5.50. The van der Waals surface area contributed by atoms with Gasteiger partial charge in [0.2, 0.25) is 0 Å². The van der Waals surface area contributed by atoms with E-state index in [0.29, 0.717) is 11.3 Å². The normalized spacial score (nSPS) is 39.9. The molecule has 4 saturated carbocycles. The van der Waals surface area contributed by atoms with E-state index in [1.165, 1.54) is 38.5 Å². The van der Waals surface area contributed by atoms with E-state index < -0.39 is 0 Å². The third kappa shape index (κ3) is 2.22. The zero-order valence-corrected chi connectivity index (χ0v) is 12.2. The first-order valence-electron chi connectivity index (χ1n) is 7.74. The molecular formula is C16H22ClNO. The number of rotatable bonds is 4. The van der Waals surface area contributed by atoms with Crippen molar-refractivity contribution in [3.8, 4) is 0 Å². The summed E-state index contributed by atoms with van der Waals surface area (Å²) in [5.41, 5.74) is 0.548. The van der Waals surface area contributed by atoms with Crippen LogP contribution < -0.4 is 0 Å². The van der Waals surface area contributed by atoms with E-state index in [-0.39, 0.29) is 0 Å². The first-order valence-corrected chi connectivity index (χ1v) is 8.28. The standard InChI is InChI=1S/C16H22ClNO/c17-2-1-15-18-10-14(19-15)9-16-6-11-3-12(7-16)5-13(4-11)8-16/h10-13H,1-9H2. The minimum Gasteiger partial charge on any atom is -0.446 e. The van der Waals surface area contributed by atoms with Crippen molar-refractivity contribution in [3.63, 3.8) is 0 Å². The van der Waals surface area contributed by atoms with Gasteiger partial charge in [-0.05, 0) is 61.7 Å². The number of aryl methyl sites for hydroxylation is 1. The maximum atomic E-state index is 5.87. The maximum absolute atomic E-state index is 5.87. The van der Waals surface area contributed by atoms with E-state index in [1.807, 2.05) is 6.20 Å². The lowest BCUT2D eigenvalue weighted by Crippen LogP contribution is -2.46. The molecule has 4 aliphatic carbocycles. The van der Waals surface area contributed by atoms with Crippen molar-refractivity contribution in [2.75, 3.05) is 5.88 Å². The predicted molar refractivity (Wildman–Crippen MR) is 75.2 cm³/mol. The summed E-state index contributed by atoms with van der Waals surface area (Å²) in [5.74, 6) is 5.54. The predicted octanol–water partition coefficient (Wildman–Crippen LogP) is 4.21. The largest absolute Gasteiger partial charge is 0.446 e. The molecule has 1 aromatic heterocycles. The first-order chi connectivity index (χ1) is 9.25. The molecule has 0 saturated heterocycles. The quantitative estimate of drug-likeness (QED) is 0.772. The lowest BCUT2D eigenvalue weighted by atomic mass is 9.49. The third-order valence-corrected chi connectivity index (χ3v) is 5.81. The highest BCUT2D eigenvalue weighted by Crippen LogP contribution is 2.61. The molecule has 4 bridgehead atoms. The number of aromatic nitrogens is 1. The van der Waals surface area contributed by atoms with E-state index in [9.17, 15) is 0 Å². The Morgan fingerprint density at radius 3 is 2.37 bits per heavy atom. The van der Waals surface area contributed by atoms with Crippen molar-refractivity contribution in [1.29, 1.82) is 0 Å². The van der Waals surface area contributed by atoms with Gasteiger partial charge in [-0.15, -0.1) is 11.6 Å². The Bertz CT molecular complexity index is 432. The van der Waals surface area contributed by atoms with Gasteiger partial charge in [0, 0.05) is 18.7 Å².